The molecule has 2 rings (SSSR count). The summed E-state index contributed by atoms with van der Waals surface area (Å²) in [5, 5.41) is 9.96. The molecule has 4 heteroatoms. The monoisotopic (exact) mass is 282 g/mol. The van der Waals surface area contributed by atoms with E-state index in [1.54, 1.807) is 0 Å². The zero-order valence-electron chi connectivity index (χ0n) is 13.2. The van der Waals surface area contributed by atoms with Crippen molar-refractivity contribution in [1.82, 2.24) is 9.80 Å². The van der Waals surface area contributed by atoms with Gasteiger partial charge in [0.15, 0.2) is 0 Å². The Bertz CT molecular complexity index is 324. The van der Waals surface area contributed by atoms with Crippen LogP contribution in [0.2, 0.25) is 0 Å². The molecule has 0 radical (unpaired) electrons. The van der Waals surface area contributed by atoms with Crippen molar-refractivity contribution in [3.8, 4) is 0 Å². The molecule has 1 N–H and O–H groups in total. The molecule has 2 fully saturated rings. The Kier molecular flexibility index (Phi) is 5.21. The average molecular weight is 282 g/mol. The number of likely N-dealkylation sites (N-methyl/N-ethyl adjacent to an activating group) is 1. The minimum Gasteiger partial charge on any atom is -0.392 e. The minimum atomic E-state index is -0.230. The van der Waals surface area contributed by atoms with Gasteiger partial charge in [-0.1, -0.05) is 6.92 Å². The van der Waals surface area contributed by atoms with E-state index in [0.29, 0.717) is 6.04 Å². The van der Waals surface area contributed by atoms with Crippen LogP contribution in [0.15, 0.2) is 0 Å². The normalized spacial score (nSPS) is 39.4. The second-order valence-corrected chi connectivity index (χ2v) is 7.40. The van der Waals surface area contributed by atoms with Gasteiger partial charge in [-0.25, -0.2) is 0 Å². The van der Waals surface area contributed by atoms with E-state index in [1.165, 1.54) is 6.29 Å². The van der Waals surface area contributed by atoms with Crippen LogP contribution in [-0.4, -0.2) is 67.1 Å². The number of carbonyl (C=O) groups excluding carboxylic acids is 1. The van der Waals surface area contributed by atoms with Gasteiger partial charge in [-0.15, -0.1) is 0 Å². The summed E-state index contributed by atoms with van der Waals surface area (Å²) >= 11 is 0. The number of likely N-dealkylation sites (tertiary alicyclic amines) is 1. The second-order valence-electron chi connectivity index (χ2n) is 7.40. The fourth-order valence-corrected chi connectivity index (χ4v) is 3.82. The van der Waals surface area contributed by atoms with Crippen LogP contribution in [0.1, 0.15) is 39.0 Å². The first-order valence-electron chi connectivity index (χ1n) is 7.97. The first-order valence-corrected chi connectivity index (χ1v) is 7.97. The summed E-state index contributed by atoms with van der Waals surface area (Å²) in [6.07, 6.45) is 6.16. The molecule has 2 unspecified atom stereocenters. The van der Waals surface area contributed by atoms with Crippen LogP contribution in [-0.2, 0) is 4.79 Å². The average Bonchev–Trinajstić information content (AvgIpc) is 2.71. The Labute approximate surface area is 123 Å². The van der Waals surface area contributed by atoms with Crippen molar-refractivity contribution >= 4 is 6.29 Å². The number of hydrogen-bond donors (Lipinski definition) is 1. The van der Waals surface area contributed by atoms with E-state index in [0.717, 1.165) is 57.7 Å². The maximum Gasteiger partial charge on any atom is 0.127 e. The third-order valence-corrected chi connectivity index (χ3v) is 5.12. The van der Waals surface area contributed by atoms with Gasteiger partial charge in [-0.2, -0.15) is 0 Å². The number of nitrogens with zero attached hydrogens (tertiary/aromatic N) is 2. The Balaban J connectivity index is 2.00. The van der Waals surface area contributed by atoms with Gasteiger partial charge < -0.3 is 14.8 Å². The van der Waals surface area contributed by atoms with E-state index in [1.807, 2.05) is 0 Å². The molecule has 1 heterocycles. The molecule has 1 saturated carbocycles. The van der Waals surface area contributed by atoms with Gasteiger partial charge in [0.1, 0.15) is 6.29 Å². The van der Waals surface area contributed by atoms with Gasteiger partial charge in [0.2, 0.25) is 0 Å². The number of aldehydes is 1. The molecule has 0 aromatic rings. The molecule has 116 valence electrons. The molecule has 0 amide bonds. The highest BCUT2D eigenvalue weighted by Crippen LogP contribution is 2.39. The van der Waals surface area contributed by atoms with Crippen LogP contribution in [0.5, 0.6) is 0 Å². The van der Waals surface area contributed by atoms with Crippen LogP contribution in [0.25, 0.3) is 0 Å². The number of carbonyl (C=O) groups is 1. The predicted octanol–water partition coefficient (Wildman–Crippen LogP) is 1.38. The standard InChI is InChI=1S/C16H30N2O2/c1-13-4-6-16(12-19,7-5-13)11-18-10-15(20)8-14(18)9-17(2)3/h12-15,20H,4-11H2,1-3H3. The maximum atomic E-state index is 11.7. The lowest BCUT2D eigenvalue weighted by Crippen LogP contribution is -2.46. The van der Waals surface area contributed by atoms with E-state index < -0.39 is 0 Å². The molecule has 0 aromatic heterocycles. The van der Waals surface area contributed by atoms with Crippen molar-refractivity contribution in [2.24, 2.45) is 11.3 Å². The Hall–Kier alpha value is -0.450. The fourth-order valence-electron chi connectivity index (χ4n) is 3.82. The highest BCUT2D eigenvalue weighted by Gasteiger charge is 2.40. The number of aliphatic hydroxyl groups is 1. The van der Waals surface area contributed by atoms with Crippen LogP contribution in [0, 0.1) is 11.3 Å². The molecule has 0 aromatic carbocycles. The van der Waals surface area contributed by atoms with Crippen molar-refractivity contribution in [2.45, 2.75) is 51.2 Å². The number of hydrogen-bond acceptors (Lipinski definition) is 4. The fraction of sp³-hybridized carbons (Fsp3) is 0.938. The Morgan fingerprint density at radius 3 is 2.55 bits per heavy atom. The van der Waals surface area contributed by atoms with E-state index >= 15 is 0 Å². The van der Waals surface area contributed by atoms with Crippen LogP contribution in [0.4, 0.5) is 0 Å². The van der Waals surface area contributed by atoms with Crippen molar-refractivity contribution < 1.29 is 9.90 Å². The summed E-state index contributed by atoms with van der Waals surface area (Å²) in [6.45, 7) is 4.80. The first-order chi connectivity index (χ1) is 9.44. The molecule has 1 aliphatic carbocycles. The highest BCUT2D eigenvalue weighted by atomic mass is 16.3. The summed E-state index contributed by atoms with van der Waals surface area (Å²) in [4.78, 5) is 16.2. The van der Waals surface area contributed by atoms with Gasteiger partial charge in [0.25, 0.3) is 0 Å². The molecule has 2 aliphatic rings. The largest absolute Gasteiger partial charge is 0.392 e. The lowest BCUT2D eigenvalue weighted by molar-refractivity contribution is -0.119. The molecule has 0 bridgehead atoms. The van der Waals surface area contributed by atoms with Crippen LogP contribution in [0.3, 0.4) is 0 Å². The van der Waals surface area contributed by atoms with Crippen molar-refractivity contribution in [2.75, 3.05) is 33.7 Å². The van der Waals surface area contributed by atoms with Crippen molar-refractivity contribution in [3.05, 3.63) is 0 Å². The third-order valence-electron chi connectivity index (χ3n) is 5.12. The molecule has 2 atom stereocenters. The summed E-state index contributed by atoms with van der Waals surface area (Å²) in [5.74, 6) is 0.754. The van der Waals surface area contributed by atoms with Gasteiger partial charge in [-0.3, -0.25) is 4.90 Å². The van der Waals surface area contributed by atoms with Gasteiger partial charge in [0, 0.05) is 31.1 Å². The van der Waals surface area contributed by atoms with Gasteiger partial charge in [0.05, 0.1) is 6.10 Å². The second kappa shape index (κ2) is 6.54. The zero-order valence-corrected chi connectivity index (χ0v) is 13.2. The van der Waals surface area contributed by atoms with E-state index in [2.05, 4.69) is 30.8 Å². The Morgan fingerprint density at radius 2 is 2.00 bits per heavy atom. The number of rotatable bonds is 5. The summed E-state index contributed by atoms with van der Waals surface area (Å²) < 4.78 is 0. The molecular formula is C16H30N2O2. The molecule has 4 nitrogen and oxygen atoms in total. The van der Waals surface area contributed by atoms with Crippen molar-refractivity contribution in [3.63, 3.8) is 0 Å². The zero-order chi connectivity index (χ0) is 14.8. The highest BCUT2D eigenvalue weighted by molar-refractivity contribution is 5.60. The molecule has 1 saturated heterocycles. The van der Waals surface area contributed by atoms with Gasteiger partial charge in [-0.05, 0) is 52.1 Å². The van der Waals surface area contributed by atoms with E-state index in [9.17, 15) is 9.90 Å². The lowest BCUT2D eigenvalue weighted by Gasteiger charge is -2.39. The minimum absolute atomic E-state index is 0.166. The van der Waals surface area contributed by atoms with Crippen LogP contribution >= 0.6 is 0 Å². The Morgan fingerprint density at radius 1 is 1.35 bits per heavy atom. The maximum absolute atomic E-state index is 11.7. The van der Waals surface area contributed by atoms with E-state index in [-0.39, 0.29) is 11.5 Å². The first kappa shape index (κ1) is 15.9. The molecule has 1 aliphatic heterocycles. The number of aliphatic hydroxyl groups excluding tert-OH is 1. The van der Waals surface area contributed by atoms with Crippen molar-refractivity contribution in [1.29, 1.82) is 0 Å². The summed E-state index contributed by atoms with van der Waals surface area (Å²) in [7, 11) is 4.14. The molecule has 20 heavy (non-hydrogen) atoms. The SMILES string of the molecule is CC1CCC(C=O)(CN2CC(O)CC2CN(C)C)CC1. The molecular weight excluding hydrogens is 252 g/mol. The topological polar surface area (TPSA) is 43.8 Å². The summed E-state index contributed by atoms with van der Waals surface area (Å²) in [6, 6.07) is 0.385. The smallest absolute Gasteiger partial charge is 0.127 e. The van der Waals surface area contributed by atoms with Gasteiger partial charge >= 0.3 is 0 Å². The predicted molar refractivity (Wildman–Crippen MR) is 80.7 cm³/mol. The van der Waals surface area contributed by atoms with E-state index in [4.69, 9.17) is 0 Å². The quantitative estimate of drug-likeness (QED) is 0.774. The van der Waals surface area contributed by atoms with Crippen LogP contribution < -0.4 is 0 Å². The number of β-amino-alcohol motifs (C(OH)–C–C–N with tert-alkyl or cyclic N) is 1. The summed E-state index contributed by atoms with van der Waals surface area (Å²) in [5.41, 5.74) is -0.166. The molecule has 0 spiro atoms. The lowest BCUT2D eigenvalue weighted by atomic mass is 9.71. The third kappa shape index (κ3) is 3.80.